The standard InChI is InChI=1S/C39H47N3O4/c1-7-8-9-10-11-24-46-33-22-18-29(19-23-33)34-26-40-36(42-38(34)45-6)30-14-12-28(13-15-30)25-35(27(2)43)41-37(44)31-16-20-32(21-17-31)39(3,4)5/h12-23,26,35H,7-11,24-25H2,1-6H3,(H,41,44). The summed E-state index contributed by atoms with van der Waals surface area (Å²) in [4.78, 5) is 34.7. The van der Waals surface area contributed by atoms with Gasteiger partial charge in [-0.1, -0.05) is 102 Å². The van der Waals surface area contributed by atoms with Gasteiger partial charge in [0.25, 0.3) is 5.91 Å². The van der Waals surface area contributed by atoms with Gasteiger partial charge in [-0.2, -0.15) is 4.98 Å². The molecule has 0 saturated heterocycles. The normalized spacial score (nSPS) is 12.0. The summed E-state index contributed by atoms with van der Waals surface area (Å²) in [5.41, 5.74) is 5.14. The Morgan fingerprint density at radius 3 is 2.11 bits per heavy atom. The minimum atomic E-state index is -0.640. The molecule has 1 unspecified atom stereocenters. The van der Waals surface area contributed by atoms with E-state index >= 15 is 0 Å². The average Bonchev–Trinajstić information content (AvgIpc) is 3.06. The zero-order valence-electron chi connectivity index (χ0n) is 28.1. The number of methoxy groups -OCH3 is 1. The van der Waals surface area contributed by atoms with Gasteiger partial charge < -0.3 is 14.8 Å². The van der Waals surface area contributed by atoms with E-state index in [0.29, 0.717) is 23.7 Å². The summed E-state index contributed by atoms with van der Waals surface area (Å²) in [5, 5.41) is 2.91. The van der Waals surface area contributed by atoms with Crippen LogP contribution in [-0.2, 0) is 16.6 Å². The third-order valence-corrected chi connectivity index (χ3v) is 8.09. The second-order valence-electron chi connectivity index (χ2n) is 12.8. The van der Waals surface area contributed by atoms with Crippen molar-refractivity contribution >= 4 is 11.7 Å². The van der Waals surface area contributed by atoms with Gasteiger partial charge in [0.05, 0.1) is 25.3 Å². The van der Waals surface area contributed by atoms with Crippen LogP contribution in [0.5, 0.6) is 11.6 Å². The highest BCUT2D eigenvalue weighted by Gasteiger charge is 2.20. The summed E-state index contributed by atoms with van der Waals surface area (Å²) in [5.74, 6) is 1.49. The average molecular weight is 622 g/mol. The molecule has 1 heterocycles. The topological polar surface area (TPSA) is 90.4 Å². The Morgan fingerprint density at radius 1 is 0.848 bits per heavy atom. The first kappa shape index (κ1) is 34.4. The van der Waals surface area contributed by atoms with E-state index in [2.05, 4.69) is 43.0 Å². The molecule has 0 aliphatic heterocycles. The Hall–Kier alpha value is -4.52. The molecule has 242 valence electrons. The van der Waals surface area contributed by atoms with Crippen LogP contribution < -0.4 is 14.8 Å². The van der Waals surface area contributed by atoms with Gasteiger partial charge >= 0.3 is 0 Å². The number of Topliss-reactive ketones (excluding diaryl/α,β-unsaturated/α-hetero) is 1. The second-order valence-corrected chi connectivity index (χ2v) is 12.8. The summed E-state index contributed by atoms with van der Waals surface area (Å²) in [6, 6.07) is 22.5. The molecule has 1 N–H and O–H groups in total. The number of ketones is 1. The van der Waals surface area contributed by atoms with E-state index in [9.17, 15) is 9.59 Å². The molecule has 0 aliphatic rings. The van der Waals surface area contributed by atoms with Crippen LogP contribution in [0.3, 0.4) is 0 Å². The van der Waals surface area contributed by atoms with Gasteiger partial charge in [0.2, 0.25) is 5.88 Å². The fraction of sp³-hybridized carbons (Fsp3) is 0.385. The van der Waals surface area contributed by atoms with E-state index in [1.54, 1.807) is 13.3 Å². The number of hydrogen-bond donors (Lipinski definition) is 1. The molecule has 0 aliphatic carbocycles. The van der Waals surface area contributed by atoms with Crippen LogP contribution in [0.25, 0.3) is 22.5 Å². The Bertz CT molecular complexity index is 1570. The number of aromatic nitrogens is 2. The Morgan fingerprint density at radius 2 is 1.50 bits per heavy atom. The van der Waals surface area contributed by atoms with Gasteiger partial charge in [-0.05, 0) is 66.1 Å². The van der Waals surface area contributed by atoms with Gasteiger partial charge in [-0.25, -0.2) is 4.98 Å². The fourth-order valence-electron chi connectivity index (χ4n) is 5.17. The third kappa shape index (κ3) is 9.49. The zero-order valence-corrected chi connectivity index (χ0v) is 28.1. The number of nitrogens with one attached hydrogen (secondary N) is 1. The van der Waals surface area contributed by atoms with Crippen molar-refractivity contribution in [2.75, 3.05) is 13.7 Å². The van der Waals surface area contributed by atoms with Gasteiger partial charge in [0.1, 0.15) is 5.75 Å². The Labute approximate surface area is 273 Å². The predicted molar refractivity (Wildman–Crippen MR) is 184 cm³/mol. The molecular formula is C39H47N3O4. The van der Waals surface area contributed by atoms with Crippen LogP contribution in [0.15, 0.2) is 79.0 Å². The van der Waals surface area contributed by atoms with Crippen LogP contribution in [0, 0.1) is 0 Å². The number of unbranched alkanes of at least 4 members (excludes halogenated alkanes) is 4. The molecule has 0 spiro atoms. The molecule has 46 heavy (non-hydrogen) atoms. The highest BCUT2D eigenvalue weighted by atomic mass is 16.5. The van der Waals surface area contributed by atoms with Crippen LogP contribution in [0.2, 0.25) is 0 Å². The Balaban J connectivity index is 1.39. The monoisotopic (exact) mass is 621 g/mol. The molecule has 1 aromatic heterocycles. The minimum Gasteiger partial charge on any atom is -0.494 e. The SMILES string of the molecule is CCCCCCCOc1ccc(-c2cnc(-c3ccc(CC(NC(=O)c4ccc(C(C)(C)C)cc4)C(C)=O)cc3)nc2OC)cc1. The van der Waals surface area contributed by atoms with Crippen molar-refractivity contribution in [3.63, 3.8) is 0 Å². The van der Waals surface area contributed by atoms with Crippen molar-refractivity contribution in [3.05, 3.63) is 95.7 Å². The smallest absolute Gasteiger partial charge is 0.251 e. The molecule has 0 fully saturated rings. The van der Waals surface area contributed by atoms with E-state index in [0.717, 1.165) is 46.6 Å². The van der Waals surface area contributed by atoms with Gasteiger partial charge in [0.15, 0.2) is 11.6 Å². The molecule has 4 aromatic rings. The third-order valence-electron chi connectivity index (χ3n) is 8.09. The first-order valence-corrected chi connectivity index (χ1v) is 16.2. The molecule has 3 aromatic carbocycles. The van der Waals surface area contributed by atoms with Crippen molar-refractivity contribution in [2.45, 2.75) is 84.6 Å². The van der Waals surface area contributed by atoms with E-state index < -0.39 is 6.04 Å². The molecule has 1 atom stereocenters. The van der Waals surface area contributed by atoms with Crippen molar-refractivity contribution in [3.8, 4) is 34.1 Å². The van der Waals surface area contributed by atoms with E-state index in [4.69, 9.17) is 9.47 Å². The zero-order chi connectivity index (χ0) is 33.1. The van der Waals surface area contributed by atoms with Gasteiger partial charge in [0, 0.05) is 17.3 Å². The lowest BCUT2D eigenvalue weighted by molar-refractivity contribution is -0.118. The number of ether oxygens (including phenoxy) is 2. The van der Waals surface area contributed by atoms with E-state index in [1.807, 2.05) is 72.8 Å². The number of hydrogen-bond acceptors (Lipinski definition) is 6. The molecule has 7 nitrogen and oxygen atoms in total. The largest absolute Gasteiger partial charge is 0.494 e. The molecule has 1 amide bonds. The summed E-state index contributed by atoms with van der Waals surface area (Å²) < 4.78 is 11.6. The van der Waals surface area contributed by atoms with Crippen molar-refractivity contribution < 1.29 is 19.1 Å². The number of nitrogens with zero attached hydrogens (tertiary/aromatic N) is 2. The molecule has 0 radical (unpaired) electrons. The fourth-order valence-corrected chi connectivity index (χ4v) is 5.17. The minimum absolute atomic E-state index is 0.00395. The lowest BCUT2D eigenvalue weighted by atomic mass is 9.86. The van der Waals surface area contributed by atoms with Crippen molar-refractivity contribution in [1.29, 1.82) is 0 Å². The van der Waals surface area contributed by atoms with Crippen LogP contribution in [-0.4, -0.2) is 41.4 Å². The number of benzene rings is 3. The number of carbonyl (C=O) groups is 2. The first-order chi connectivity index (χ1) is 22.1. The maximum atomic E-state index is 12.9. The maximum Gasteiger partial charge on any atom is 0.251 e. The summed E-state index contributed by atoms with van der Waals surface area (Å²) in [6.07, 6.45) is 8.18. The predicted octanol–water partition coefficient (Wildman–Crippen LogP) is 8.40. The molecule has 0 saturated carbocycles. The highest BCUT2D eigenvalue weighted by Crippen LogP contribution is 2.31. The van der Waals surface area contributed by atoms with E-state index in [-0.39, 0.29) is 17.1 Å². The lowest BCUT2D eigenvalue weighted by Crippen LogP contribution is -2.41. The Kier molecular flexibility index (Phi) is 12.1. The molecule has 4 rings (SSSR count). The van der Waals surface area contributed by atoms with Crippen molar-refractivity contribution in [1.82, 2.24) is 15.3 Å². The van der Waals surface area contributed by atoms with Gasteiger partial charge in [-0.15, -0.1) is 0 Å². The number of rotatable bonds is 15. The molecule has 7 heteroatoms. The van der Waals surface area contributed by atoms with Crippen molar-refractivity contribution in [2.24, 2.45) is 0 Å². The summed E-state index contributed by atoms with van der Waals surface area (Å²) in [6.45, 7) is 10.8. The quantitative estimate of drug-likeness (QED) is 0.134. The molecule has 0 bridgehead atoms. The summed E-state index contributed by atoms with van der Waals surface area (Å²) >= 11 is 0. The first-order valence-electron chi connectivity index (χ1n) is 16.2. The van der Waals surface area contributed by atoms with E-state index in [1.165, 1.54) is 32.6 Å². The van der Waals surface area contributed by atoms with Crippen LogP contribution in [0.1, 0.15) is 88.2 Å². The highest BCUT2D eigenvalue weighted by molar-refractivity contribution is 5.97. The summed E-state index contributed by atoms with van der Waals surface area (Å²) in [7, 11) is 1.60. The lowest BCUT2D eigenvalue weighted by Gasteiger charge is -2.20. The number of carbonyl (C=O) groups excluding carboxylic acids is 2. The molecular weight excluding hydrogens is 574 g/mol. The van der Waals surface area contributed by atoms with Crippen LogP contribution >= 0.6 is 0 Å². The second kappa shape index (κ2) is 16.2. The number of amides is 1. The van der Waals surface area contributed by atoms with Gasteiger partial charge in [-0.3, -0.25) is 9.59 Å². The van der Waals surface area contributed by atoms with Crippen LogP contribution in [0.4, 0.5) is 0 Å². The maximum absolute atomic E-state index is 12.9.